The Morgan fingerprint density at radius 1 is 0.917 bits per heavy atom. The number of rotatable bonds is 7. The first kappa shape index (κ1) is 22.4. The number of hydrogen-bond donors (Lipinski definition) is 2. The first-order valence-corrected chi connectivity index (χ1v) is 8.78. The largest absolute Gasteiger partial charge is 0.481 e. The van der Waals surface area contributed by atoms with E-state index in [1.54, 1.807) is 0 Å². The van der Waals surface area contributed by atoms with E-state index in [2.05, 4.69) is 13.8 Å². The maximum Gasteiger partial charge on any atom is 0.306 e. The summed E-state index contributed by atoms with van der Waals surface area (Å²) in [6, 6.07) is 0. The molecular weight excluding hydrogens is 312 g/mol. The summed E-state index contributed by atoms with van der Waals surface area (Å²) in [5.74, 6) is -1.61. The summed E-state index contributed by atoms with van der Waals surface area (Å²) in [5, 5.41) is 17.2. The molecule has 6 nitrogen and oxygen atoms in total. The van der Waals surface area contributed by atoms with Crippen LogP contribution in [0.15, 0.2) is 0 Å². The van der Waals surface area contributed by atoms with Crippen LogP contribution in [-0.4, -0.2) is 34.2 Å². The number of ether oxygens (including phenoxy) is 1. The summed E-state index contributed by atoms with van der Waals surface area (Å²) in [6.45, 7) is 8.07. The van der Waals surface area contributed by atoms with Crippen molar-refractivity contribution in [2.75, 3.05) is 0 Å². The molecular formula is C18H32O6. The van der Waals surface area contributed by atoms with Crippen molar-refractivity contribution in [3.63, 3.8) is 0 Å². The monoisotopic (exact) mass is 344 g/mol. The van der Waals surface area contributed by atoms with Crippen LogP contribution in [0.5, 0.6) is 0 Å². The predicted octanol–water partition coefficient (Wildman–Crippen LogP) is 3.73. The first-order chi connectivity index (χ1) is 11.1. The minimum absolute atomic E-state index is 0.0246. The lowest BCUT2D eigenvalue weighted by Gasteiger charge is -2.22. The molecule has 0 atom stereocenters. The fourth-order valence-corrected chi connectivity index (χ4v) is 2.56. The first-order valence-electron chi connectivity index (χ1n) is 8.78. The third-order valence-corrected chi connectivity index (χ3v) is 3.96. The van der Waals surface area contributed by atoms with E-state index >= 15 is 0 Å². The molecule has 0 amide bonds. The maximum absolute atomic E-state index is 11.0. The number of carbonyl (C=O) groups excluding carboxylic acids is 1. The Morgan fingerprint density at radius 3 is 1.62 bits per heavy atom. The summed E-state index contributed by atoms with van der Waals surface area (Å²) < 4.78 is 4.99. The smallest absolute Gasteiger partial charge is 0.306 e. The Morgan fingerprint density at radius 2 is 1.33 bits per heavy atom. The van der Waals surface area contributed by atoms with Crippen molar-refractivity contribution in [3.05, 3.63) is 0 Å². The van der Waals surface area contributed by atoms with Gasteiger partial charge in [0.05, 0.1) is 17.9 Å². The van der Waals surface area contributed by atoms with Crippen molar-refractivity contribution in [1.29, 1.82) is 0 Å². The van der Waals surface area contributed by atoms with Gasteiger partial charge in [-0.2, -0.15) is 0 Å². The van der Waals surface area contributed by atoms with Gasteiger partial charge in [0, 0.05) is 6.42 Å². The second-order valence-corrected chi connectivity index (χ2v) is 7.05. The number of carbonyl (C=O) groups is 3. The van der Waals surface area contributed by atoms with Crippen LogP contribution in [0.2, 0.25) is 0 Å². The van der Waals surface area contributed by atoms with Crippen LogP contribution in [0.4, 0.5) is 0 Å². The summed E-state index contributed by atoms with van der Waals surface area (Å²) in [4.78, 5) is 32.0. The van der Waals surface area contributed by atoms with Gasteiger partial charge in [-0.1, -0.05) is 20.3 Å². The molecule has 0 saturated heterocycles. The van der Waals surface area contributed by atoms with Gasteiger partial charge in [-0.3, -0.25) is 14.4 Å². The fourth-order valence-electron chi connectivity index (χ4n) is 2.56. The zero-order valence-corrected chi connectivity index (χ0v) is 15.3. The van der Waals surface area contributed by atoms with Crippen LogP contribution in [0.25, 0.3) is 0 Å². The minimum atomic E-state index is -0.793. The Kier molecular flexibility index (Phi) is 11.1. The molecule has 0 aromatic carbocycles. The molecule has 0 spiro atoms. The van der Waals surface area contributed by atoms with E-state index in [4.69, 9.17) is 14.9 Å². The second kappa shape index (κ2) is 11.9. The highest BCUT2D eigenvalue weighted by Crippen LogP contribution is 2.28. The summed E-state index contributed by atoms with van der Waals surface area (Å²) in [5.41, 5.74) is 0. The topological polar surface area (TPSA) is 101 Å². The van der Waals surface area contributed by atoms with Gasteiger partial charge in [-0.25, -0.2) is 0 Å². The molecule has 0 aromatic rings. The normalized spacial score (nSPS) is 20.2. The molecule has 0 radical (unpaired) electrons. The molecule has 0 aliphatic heterocycles. The Labute approximate surface area is 144 Å². The average Bonchev–Trinajstić information content (AvgIpc) is 2.46. The zero-order chi connectivity index (χ0) is 18.7. The molecule has 1 saturated carbocycles. The van der Waals surface area contributed by atoms with Crippen LogP contribution < -0.4 is 0 Å². The highest BCUT2D eigenvalue weighted by molar-refractivity contribution is 5.72. The number of esters is 1. The standard InChI is InChI=1S/C10H20O2.C8H12O4/c1-8(2)6-5-7-10(11)12-9(3)4;9-7(10)5-1-2-6(4-3-5)8(11)12/h8-9H,5-7H2,1-4H3;5-6H,1-4H2,(H,9,10)(H,11,12). The van der Waals surface area contributed by atoms with E-state index < -0.39 is 11.9 Å². The molecule has 2 N–H and O–H groups in total. The van der Waals surface area contributed by atoms with Crippen LogP contribution in [0, 0.1) is 17.8 Å². The van der Waals surface area contributed by atoms with Crippen molar-refractivity contribution in [3.8, 4) is 0 Å². The number of carboxylic acids is 2. The highest BCUT2D eigenvalue weighted by Gasteiger charge is 2.29. The molecule has 0 heterocycles. The Bertz CT molecular complexity index is 372. The molecule has 1 aliphatic carbocycles. The van der Waals surface area contributed by atoms with Crippen LogP contribution in [0.3, 0.4) is 0 Å². The highest BCUT2D eigenvalue weighted by atomic mass is 16.5. The lowest BCUT2D eigenvalue weighted by atomic mass is 9.82. The van der Waals surface area contributed by atoms with E-state index in [0.29, 0.717) is 38.0 Å². The van der Waals surface area contributed by atoms with Crippen molar-refractivity contribution in [1.82, 2.24) is 0 Å². The van der Waals surface area contributed by atoms with Gasteiger partial charge in [0.2, 0.25) is 0 Å². The van der Waals surface area contributed by atoms with Gasteiger partial charge in [0.15, 0.2) is 0 Å². The predicted molar refractivity (Wildman–Crippen MR) is 90.6 cm³/mol. The number of hydrogen-bond acceptors (Lipinski definition) is 4. The van der Waals surface area contributed by atoms with E-state index in [0.717, 1.165) is 12.8 Å². The van der Waals surface area contributed by atoms with Gasteiger partial charge in [-0.15, -0.1) is 0 Å². The van der Waals surface area contributed by atoms with Crippen LogP contribution in [-0.2, 0) is 19.1 Å². The van der Waals surface area contributed by atoms with Crippen molar-refractivity contribution >= 4 is 17.9 Å². The Hall–Kier alpha value is -1.59. The summed E-state index contributed by atoms with van der Waals surface area (Å²) in [6.07, 6.45) is 4.67. The van der Waals surface area contributed by atoms with Gasteiger partial charge < -0.3 is 14.9 Å². The molecule has 6 heteroatoms. The quantitative estimate of drug-likeness (QED) is 0.683. The van der Waals surface area contributed by atoms with E-state index in [1.165, 1.54) is 0 Å². The molecule has 140 valence electrons. The molecule has 0 unspecified atom stereocenters. The van der Waals surface area contributed by atoms with Gasteiger partial charge in [0.1, 0.15) is 0 Å². The van der Waals surface area contributed by atoms with E-state index in [1.807, 2.05) is 13.8 Å². The third-order valence-electron chi connectivity index (χ3n) is 3.96. The molecule has 0 aromatic heterocycles. The van der Waals surface area contributed by atoms with Gasteiger partial charge >= 0.3 is 17.9 Å². The fraction of sp³-hybridized carbons (Fsp3) is 0.833. The summed E-state index contributed by atoms with van der Waals surface area (Å²) in [7, 11) is 0. The molecule has 1 aliphatic rings. The molecule has 24 heavy (non-hydrogen) atoms. The van der Waals surface area contributed by atoms with Crippen molar-refractivity contribution in [2.24, 2.45) is 17.8 Å². The lowest BCUT2D eigenvalue weighted by molar-refractivity contribution is -0.148. The van der Waals surface area contributed by atoms with Crippen molar-refractivity contribution < 1.29 is 29.3 Å². The molecule has 1 rings (SSSR count). The number of aliphatic carboxylic acids is 2. The van der Waals surface area contributed by atoms with E-state index in [9.17, 15) is 14.4 Å². The number of carboxylic acid groups (broad SMARTS) is 2. The SMILES string of the molecule is CC(C)CCCC(=O)OC(C)C.O=C(O)C1CCC(C(=O)O)CC1. The van der Waals surface area contributed by atoms with Crippen molar-refractivity contribution in [2.45, 2.75) is 78.7 Å². The minimum Gasteiger partial charge on any atom is -0.481 e. The van der Waals surface area contributed by atoms with Gasteiger partial charge in [-0.05, 0) is 51.9 Å². The zero-order valence-electron chi connectivity index (χ0n) is 15.3. The Balaban J connectivity index is 0.000000441. The van der Waals surface area contributed by atoms with Crippen LogP contribution >= 0.6 is 0 Å². The second-order valence-electron chi connectivity index (χ2n) is 7.05. The van der Waals surface area contributed by atoms with Gasteiger partial charge in [0.25, 0.3) is 0 Å². The lowest BCUT2D eigenvalue weighted by Crippen LogP contribution is -2.25. The van der Waals surface area contributed by atoms with Crippen LogP contribution in [0.1, 0.15) is 72.6 Å². The van der Waals surface area contributed by atoms with E-state index in [-0.39, 0.29) is 23.9 Å². The summed E-state index contributed by atoms with van der Waals surface area (Å²) >= 11 is 0. The third kappa shape index (κ3) is 11.0. The maximum atomic E-state index is 11.0. The molecule has 1 fully saturated rings. The molecule has 0 bridgehead atoms. The average molecular weight is 344 g/mol.